The summed E-state index contributed by atoms with van der Waals surface area (Å²) in [5.41, 5.74) is 8.19. The second kappa shape index (κ2) is 7.81. The molecule has 7 rings (SSSR count). The van der Waals surface area contributed by atoms with E-state index in [-0.39, 0.29) is 5.41 Å². The van der Waals surface area contributed by atoms with Crippen molar-refractivity contribution in [3.8, 4) is 34.4 Å². The maximum absolute atomic E-state index is 9.57. The van der Waals surface area contributed by atoms with Crippen molar-refractivity contribution < 1.29 is 4.74 Å². The second-order valence-corrected chi connectivity index (χ2v) is 10.1. The molecule has 0 saturated carbocycles. The highest BCUT2D eigenvalue weighted by Crippen LogP contribution is 2.48. The first-order valence-corrected chi connectivity index (χ1v) is 12.4. The highest BCUT2D eigenvalue weighted by Gasteiger charge is 2.34. The second-order valence-electron chi connectivity index (χ2n) is 10.1. The lowest BCUT2D eigenvalue weighted by atomic mass is 9.75. The Morgan fingerprint density at radius 3 is 2.30 bits per heavy atom. The molecule has 4 aromatic carbocycles. The van der Waals surface area contributed by atoms with Gasteiger partial charge in [0.1, 0.15) is 11.5 Å². The Hall–Kier alpha value is -4.88. The normalized spacial score (nSPS) is 13.5. The van der Waals surface area contributed by atoms with Crippen LogP contribution in [0, 0.1) is 11.3 Å². The summed E-state index contributed by atoms with van der Waals surface area (Å²) in [5.74, 6) is 1.81. The van der Waals surface area contributed by atoms with Gasteiger partial charge in [-0.1, -0.05) is 50.2 Å². The summed E-state index contributed by atoms with van der Waals surface area (Å²) in [6, 6.07) is 33.5. The van der Waals surface area contributed by atoms with E-state index in [1.807, 2.05) is 42.6 Å². The molecule has 0 amide bonds. The molecule has 1 aliphatic heterocycles. The summed E-state index contributed by atoms with van der Waals surface area (Å²) in [5, 5.41) is 11.7. The van der Waals surface area contributed by atoms with Gasteiger partial charge in [0.2, 0.25) is 0 Å². The van der Waals surface area contributed by atoms with Crippen LogP contribution in [-0.2, 0) is 5.41 Å². The molecule has 0 bridgehead atoms. The number of rotatable bonds is 2. The van der Waals surface area contributed by atoms with Crippen molar-refractivity contribution in [3.63, 3.8) is 0 Å². The number of hydrogen-bond acceptors (Lipinski definition) is 3. The predicted molar refractivity (Wildman–Crippen MR) is 147 cm³/mol. The molecule has 2 aromatic heterocycles. The molecule has 4 heteroatoms. The van der Waals surface area contributed by atoms with Gasteiger partial charge in [0.05, 0.1) is 34.6 Å². The zero-order valence-corrected chi connectivity index (χ0v) is 20.6. The van der Waals surface area contributed by atoms with Gasteiger partial charge in [-0.05, 0) is 65.7 Å². The van der Waals surface area contributed by atoms with E-state index >= 15 is 0 Å². The van der Waals surface area contributed by atoms with Gasteiger partial charge in [0.15, 0.2) is 0 Å². The van der Waals surface area contributed by atoms with E-state index in [0.717, 1.165) is 50.1 Å². The monoisotopic (exact) mass is 477 g/mol. The van der Waals surface area contributed by atoms with E-state index in [9.17, 15) is 5.26 Å². The molecular weight excluding hydrogens is 454 g/mol. The molecule has 4 nitrogen and oxygen atoms in total. The van der Waals surface area contributed by atoms with Crippen LogP contribution in [0.1, 0.15) is 30.5 Å². The first-order chi connectivity index (χ1) is 18.0. The Balaban J connectivity index is 1.42. The van der Waals surface area contributed by atoms with E-state index in [4.69, 9.17) is 4.74 Å². The number of benzene rings is 4. The zero-order chi connectivity index (χ0) is 25.1. The highest BCUT2D eigenvalue weighted by atomic mass is 16.5. The van der Waals surface area contributed by atoms with Crippen LogP contribution in [0.2, 0.25) is 0 Å². The van der Waals surface area contributed by atoms with Gasteiger partial charge in [0, 0.05) is 33.5 Å². The lowest BCUT2D eigenvalue weighted by Crippen LogP contribution is -2.24. The number of nitrogens with zero attached hydrogens (tertiary/aromatic N) is 3. The van der Waals surface area contributed by atoms with Gasteiger partial charge in [-0.15, -0.1) is 0 Å². The van der Waals surface area contributed by atoms with Gasteiger partial charge < -0.3 is 9.30 Å². The van der Waals surface area contributed by atoms with E-state index in [1.54, 1.807) is 6.20 Å². The molecule has 176 valence electrons. The van der Waals surface area contributed by atoms with Crippen molar-refractivity contribution in [2.75, 3.05) is 0 Å². The first kappa shape index (κ1) is 21.4. The van der Waals surface area contributed by atoms with Crippen molar-refractivity contribution in [2.45, 2.75) is 19.3 Å². The lowest BCUT2D eigenvalue weighted by molar-refractivity contribution is 0.418. The lowest BCUT2D eigenvalue weighted by Gasteiger charge is -2.34. The maximum atomic E-state index is 9.57. The number of aromatic nitrogens is 2. The quantitative estimate of drug-likeness (QED) is 0.253. The van der Waals surface area contributed by atoms with Gasteiger partial charge in [-0.25, -0.2) is 0 Å². The van der Waals surface area contributed by atoms with Crippen LogP contribution in [-0.4, -0.2) is 9.55 Å². The third-order valence-electron chi connectivity index (χ3n) is 7.57. The van der Waals surface area contributed by atoms with Crippen LogP contribution >= 0.6 is 0 Å². The SMILES string of the molecule is CC1(C)c2ccccc2Oc2cc(-c3ccc4c(c3)c3cc(C#N)ccc3n4-c3cccnc3)ccc21. The minimum absolute atomic E-state index is 0.141. The average molecular weight is 478 g/mol. The van der Waals surface area contributed by atoms with Gasteiger partial charge in [0.25, 0.3) is 0 Å². The Morgan fingerprint density at radius 2 is 1.49 bits per heavy atom. The van der Waals surface area contributed by atoms with Crippen LogP contribution in [0.3, 0.4) is 0 Å². The molecule has 3 heterocycles. The molecule has 37 heavy (non-hydrogen) atoms. The minimum atomic E-state index is -0.141. The molecule has 6 aromatic rings. The third-order valence-corrected chi connectivity index (χ3v) is 7.57. The summed E-state index contributed by atoms with van der Waals surface area (Å²) >= 11 is 0. The molecule has 0 unspecified atom stereocenters. The number of para-hydroxylation sites is 1. The minimum Gasteiger partial charge on any atom is -0.457 e. The summed E-state index contributed by atoms with van der Waals surface area (Å²) in [4.78, 5) is 4.33. The van der Waals surface area contributed by atoms with E-state index < -0.39 is 0 Å². The van der Waals surface area contributed by atoms with Crippen LogP contribution in [0.5, 0.6) is 11.5 Å². The smallest absolute Gasteiger partial charge is 0.132 e. The molecule has 0 fully saturated rings. The molecule has 0 saturated heterocycles. The van der Waals surface area contributed by atoms with Crippen molar-refractivity contribution in [1.82, 2.24) is 9.55 Å². The number of fused-ring (bicyclic) bond motifs is 5. The van der Waals surface area contributed by atoms with E-state index in [1.165, 1.54) is 11.1 Å². The molecule has 0 radical (unpaired) electrons. The van der Waals surface area contributed by atoms with Crippen LogP contribution in [0.25, 0.3) is 38.6 Å². The Labute approximate surface area is 215 Å². The van der Waals surface area contributed by atoms with Gasteiger partial charge in [-0.2, -0.15) is 5.26 Å². The van der Waals surface area contributed by atoms with Crippen molar-refractivity contribution in [3.05, 3.63) is 120 Å². The summed E-state index contributed by atoms with van der Waals surface area (Å²) in [7, 11) is 0. The zero-order valence-electron chi connectivity index (χ0n) is 20.6. The summed E-state index contributed by atoms with van der Waals surface area (Å²) in [6.07, 6.45) is 3.65. The average Bonchev–Trinajstić information content (AvgIpc) is 3.26. The van der Waals surface area contributed by atoms with Crippen LogP contribution < -0.4 is 4.74 Å². The van der Waals surface area contributed by atoms with E-state index in [2.05, 4.69) is 84.1 Å². The molecule has 0 aliphatic carbocycles. The molecule has 0 spiro atoms. The number of nitriles is 1. The van der Waals surface area contributed by atoms with Crippen molar-refractivity contribution >= 4 is 21.8 Å². The van der Waals surface area contributed by atoms with Crippen LogP contribution in [0.4, 0.5) is 0 Å². The Morgan fingerprint density at radius 1 is 0.757 bits per heavy atom. The van der Waals surface area contributed by atoms with Crippen molar-refractivity contribution in [1.29, 1.82) is 5.26 Å². The predicted octanol–water partition coefficient (Wildman–Crippen LogP) is 8.15. The maximum Gasteiger partial charge on any atom is 0.132 e. The Bertz CT molecular complexity index is 1890. The fourth-order valence-electron chi connectivity index (χ4n) is 5.67. The fraction of sp³-hybridized carbons (Fsp3) is 0.0909. The molecule has 1 aliphatic rings. The Kier molecular flexibility index (Phi) is 4.52. The third kappa shape index (κ3) is 3.18. The van der Waals surface area contributed by atoms with Gasteiger partial charge in [-0.3, -0.25) is 4.98 Å². The fourth-order valence-corrected chi connectivity index (χ4v) is 5.67. The molecule has 0 atom stereocenters. The summed E-state index contributed by atoms with van der Waals surface area (Å²) < 4.78 is 8.58. The topological polar surface area (TPSA) is 50.8 Å². The molecule has 0 N–H and O–H groups in total. The first-order valence-electron chi connectivity index (χ1n) is 12.4. The summed E-state index contributed by atoms with van der Waals surface area (Å²) in [6.45, 7) is 4.50. The van der Waals surface area contributed by atoms with Crippen molar-refractivity contribution in [2.24, 2.45) is 0 Å². The number of hydrogen-bond donors (Lipinski definition) is 0. The largest absolute Gasteiger partial charge is 0.457 e. The van der Waals surface area contributed by atoms with Crippen LogP contribution in [0.15, 0.2) is 103 Å². The number of ether oxygens (including phenoxy) is 1. The highest BCUT2D eigenvalue weighted by molar-refractivity contribution is 6.10. The number of pyridine rings is 1. The van der Waals surface area contributed by atoms with E-state index in [0.29, 0.717) is 5.56 Å². The standard InChI is InChI=1S/C33H23N3O/c1-33(2)27-7-3-4-8-31(27)37-32-18-23(10-12-28(32)33)22-11-14-30-26(17-22)25-16-21(19-34)9-13-29(25)36(30)24-6-5-15-35-20-24/h3-18,20H,1-2H3. The molecular formula is C33H23N3O. The van der Waals surface area contributed by atoms with Gasteiger partial charge >= 0.3 is 0 Å².